The van der Waals surface area contributed by atoms with Crippen LogP contribution in [0.4, 0.5) is 0 Å². The predicted octanol–water partition coefficient (Wildman–Crippen LogP) is -3.25. The highest BCUT2D eigenvalue weighted by Gasteiger charge is 2.41. The number of aliphatic hydroxyl groups is 4. The van der Waals surface area contributed by atoms with E-state index in [2.05, 4.69) is 0 Å². The number of ether oxygens (including phenoxy) is 1. The van der Waals surface area contributed by atoms with E-state index in [0.717, 1.165) is 0 Å². The molecular weight excluding hydrogens is 166 g/mol. The smallest absolute Gasteiger partial charge is 0.135 e. The van der Waals surface area contributed by atoms with Crippen LogP contribution in [0.5, 0.6) is 0 Å². The van der Waals surface area contributed by atoms with Gasteiger partial charge in [0.15, 0.2) is 0 Å². The van der Waals surface area contributed by atoms with Crippen molar-refractivity contribution < 1.29 is 25.2 Å². The van der Waals surface area contributed by atoms with Gasteiger partial charge in [0, 0.05) is 0 Å². The molecule has 5 atom stereocenters. The van der Waals surface area contributed by atoms with Crippen molar-refractivity contribution in [1.82, 2.24) is 0 Å². The molecule has 0 aromatic carbocycles. The fourth-order valence-electron chi connectivity index (χ4n) is 1.13. The average molecular weight is 179 g/mol. The summed E-state index contributed by atoms with van der Waals surface area (Å²) < 4.78 is 4.80. The summed E-state index contributed by atoms with van der Waals surface area (Å²) in [5.74, 6) is 0. The van der Waals surface area contributed by atoms with Gasteiger partial charge in [-0.25, -0.2) is 0 Å². The van der Waals surface area contributed by atoms with Crippen LogP contribution < -0.4 is 5.73 Å². The van der Waals surface area contributed by atoms with Crippen LogP contribution in [-0.4, -0.2) is 57.7 Å². The lowest BCUT2D eigenvalue weighted by Gasteiger charge is -2.38. The molecule has 1 aliphatic heterocycles. The molecule has 1 rings (SSSR count). The van der Waals surface area contributed by atoms with E-state index in [4.69, 9.17) is 25.8 Å². The highest BCUT2D eigenvalue weighted by Crippen LogP contribution is 2.17. The van der Waals surface area contributed by atoms with E-state index < -0.39 is 37.3 Å². The van der Waals surface area contributed by atoms with Gasteiger partial charge in [0.2, 0.25) is 0 Å². The minimum absolute atomic E-state index is 0.446. The molecule has 1 heterocycles. The largest absolute Gasteiger partial charge is 0.394 e. The zero-order valence-corrected chi connectivity index (χ0v) is 6.37. The number of hydrogen-bond donors (Lipinski definition) is 5. The summed E-state index contributed by atoms with van der Waals surface area (Å²) in [6.45, 7) is -0.446. The monoisotopic (exact) mass is 179 g/mol. The minimum Gasteiger partial charge on any atom is -0.394 e. The Morgan fingerprint density at radius 3 is 2.17 bits per heavy atom. The van der Waals surface area contributed by atoms with Crippen LogP contribution in [0.3, 0.4) is 0 Å². The van der Waals surface area contributed by atoms with Crippen molar-refractivity contribution in [2.45, 2.75) is 30.6 Å². The molecule has 0 aromatic rings. The molecule has 1 saturated heterocycles. The first-order valence-electron chi connectivity index (χ1n) is 3.64. The van der Waals surface area contributed by atoms with Crippen molar-refractivity contribution in [2.75, 3.05) is 6.61 Å². The average Bonchev–Trinajstić information content (AvgIpc) is 2.08. The summed E-state index contributed by atoms with van der Waals surface area (Å²) in [7, 11) is 0. The molecule has 72 valence electrons. The van der Waals surface area contributed by atoms with Gasteiger partial charge >= 0.3 is 0 Å². The van der Waals surface area contributed by atoms with Crippen molar-refractivity contribution in [3.05, 3.63) is 0 Å². The van der Waals surface area contributed by atoms with Gasteiger partial charge in [-0.3, -0.25) is 0 Å². The van der Waals surface area contributed by atoms with E-state index in [0.29, 0.717) is 0 Å². The standard InChI is InChI=1S/C6H13NO5/c7-6-5(11)4(10)3(9)2(1-8)12-6/h2-6,8-11H,1,7H2/t2?,3-,4?,5-,6+/m0/s1. The van der Waals surface area contributed by atoms with Crippen LogP contribution in [0.2, 0.25) is 0 Å². The molecule has 6 N–H and O–H groups in total. The van der Waals surface area contributed by atoms with Crippen molar-refractivity contribution in [2.24, 2.45) is 5.73 Å². The maximum absolute atomic E-state index is 9.18. The lowest BCUT2D eigenvalue weighted by molar-refractivity contribution is -0.227. The van der Waals surface area contributed by atoms with Crippen molar-refractivity contribution in [3.8, 4) is 0 Å². The van der Waals surface area contributed by atoms with E-state index >= 15 is 0 Å². The van der Waals surface area contributed by atoms with Crippen molar-refractivity contribution in [1.29, 1.82) is 0 Å². The van der Waals surface area contributed by atoms with Gasteiger partial charge in [-0.15, -0.1) is 0 Å². The second kappa shape index (κ2) is 3.65. The van der Waals surface area contributed by atoms with Gasteiger partial charge in [0.05, 0.1) is 6.61 Å². The topological polar surface area (TPSA) is 116 Å². The maximum Gasteiger partial charge on any atom is 0.135 e. The zero-order chi connectivity index (χ0) is 9.30. The van der Waals surface area contributed by atoms with Crippen LogP contribution in [0, 0.1) is 0 Å². The van der Waals surface area contributed by atoms with Crippen LogP contribution in [0.15, 0.2) is 0 Å². The molecular formula is C6H13NO5. The summed E-state index contributed by atoms with van der Waals surface area (Å²) in [5.41, 5.74) is 5.24. The highest BCUT2D eigenvalue weighted by atomic mass is 16.6. The molecule has 0 radical (unpaired) electrons. The molecule has 6 nitrogen and oxygen atoms in total. The number of hydrogen-bond acceptors (Lipinski definition) is 6. The Morgan fingerprint density at radius 2 is 1.67 bits per heavy atom. The molecule has 0 spiro atoms. The molecule has 0 saturated carbocycles. The van der Waals surface area contributed by atoms with E-state index in [-0.39, 0.29) is 0 Å². The summed E-state index contributed by atoms with van der Waals surface area (Å²) in [6.07, 6.45) is -5.99. The Labute approximate surface area is 69.2 Å². The van der Waals surface area contributed by atoms with Crippen LogP contribution >= 0.6 is 0 Å². The molecule has 2 unspecified atom stereocenters. The van der Waals surface area contributed by atoms with Crippen molar-refractivity contribution in [3.63, 3.8) is 0 Å². The predicted molar refractivity (Wildman–Crippen MR) is 38.0 cm³/mol. The third-order valence-electron chi connectivity index (χ3n) is 1.93. The molecule has 6 heteroatoms. The first-order valence-corrected chi connectivity index (χ1v) is 3.64. The Balaban J connectivity index is 2.63. The lowest BCUT2D eigenvalue weighted by atomic mass is 9.99. The van der Waals surface area contributed by atoms with E-state index in [1.165, 1.54) is 0 Å². The Morgan fingerprint density at radius 1 is 1.08 bits per heavy atom. The molecule has 12 heavy (non-hydrogen) atoms. The molecule has 1 aliphatic rings. The molecule has 0 aliphatic carbocycles. The van der Waals surface area contributed by atoms with E-state index in [9.17, 15) is 5.11 Å². The minimum atomic E-state index is -1.37. The quantitative estimate of drug-likeness (QED) is 0.288. The van der Waals surface area contributed by atoms with Crippen LogP contribution in [0.1, 0.15) is 0 Å². The third-order valence-corrected chi connectivity index (χ3v) is 1.93. The number of rotatable bonds is 1. The maximum atomic E-state index is 9.18. The number of nitrogens with two attached hydrogens (primary N) is 1. The normalized spacial score (nSPS) is 49.2. The summed E-state index contributed by atoms with van der Waals surface area (Å²) >= 11 is 0. The first-order chi connectivity index (χ1) is 5.57. The Bertz CT molecular complexity index is 150. The molecule has 0 amide bonds. The van der Waals surface area contributed by atoms with Gasteiger partial charge in [0.25, 0.3) is 0 Å². The molecule has 0 bridgehead atoms. The SMILES string of the molecule is N[C@@H]1OC(CO)[C@H](O)C(O)[C@@H]1O. The summed E-state index contributed by atoms with van der Waals surface area (Å²) in [6, 6.07) is 0. The number of aliphatic hydroxyl groups excluding tert-OH is 4. The summed E-state index contributed by atoms with van der Waals surface area (Å²) in [4.78, 5) is 0. The second-order valence-corrected chi connectivity index (χ2v) is 2.79. The van der Waals surface area contributed by atoms with Crippen LogP contribution in [0.25, 0.3) is 0 Å². The van der Waals surface area contributed by atoms with Gasteiger partial charge in [-0.1, -0.05) is 0 Å². The fraction of sp³-hybridized carbons (Fsp3) is 1.00. The van der Waals surface area contributed by atoms with Gasteiger partial charge in [-0.05, 0) is 0 Å². The van der Waals surface area contributed by atoms with Crippen LogP contribution in [-0.2, 0) is 4.74 Å². The first kappa shape index (κ1) is 9.85. The summed E-state index contributed by atoms with van der Waals surface area (Å²) in [5, 5.41) is 36.1. The molecule has 0 aromatic heterocycles. The molecule has 1 fully saturated rings. The van der Waals surface area contributed by atoms with E-state index in [1.807, 2.05) is 0 Å². The fourth-order valence-corrected chi connectivity index (χ4v) is 1.13. The highest BCUT2D eigenvalue weighted by molar-refractivity contribution is 4.89. The Hall–Kier alpha value is -0.240. The second-order valence-electron chi connectivity index (χ2n) is 2.79. The van der Waals surface area contributed by atoms with Gasteiger partial charge < -0.3 is 30.9 Å². The third kappa shape index (κ3) is 1.58. The van der Waals surface area contributed by atoms with Gasteiger partial charge in [-0.2, -0.15) is 0 Å². The Kier molecular flexibility index (Phi) is 2.99. The lowest BCUT2D eigenvalue weighted by Crippen LogP contribution is -2.61. The zero-order valence-electron chi connectivity index (χ0n) is 6.37. The van der Waals surface area contributed by atoms with Gasteiger partial charge in [0.1, 0.15) is 30.6 Å². The van der Waals surface area contributed by atoms with Crippen molar-refractivity contribution >= 4 is 0 Å². The van der Waals surface area contributed by atoms with E-state index in [1.54, 1.807) is 0 Å².